The molecule has 1 unspecified atom stereocenters. The van der Waals surface area contributed by atoms with Gasteiger partial charge in [0.25, 0.3) is 0 Å². The van der Waals surface area contributed by atoms with Crippen molar-refractivity contribution < 1.29 is 0 Å². The van der Waals surface area contributed by atoms with Crippen LogP contribution >= 0.6 is 0 Å². The van der Waals surface area contributed by atoms with Crippen LogP contribution in [0.3, 0.4) is 0 Å². The van der Waals surface area contributed by atoms with Gasteiger partial charge in [-0.15, -0.1) is 0 Å². The summed E-state index contributed by atoms with van der Waals surface area (Å²) in [4.78, 5) is 12.7. The summed E-state index contributed by atoms with van der Waals surface area (Å²) in [5, 5.41) is 5.62. The van der Waals surface area contributed by atoms with Crippen molar-refractivity contribution in [2.24, 2.45) is 4.99 Å². The third kappa shape index (κ3) is 2.06. The molecule has 2 aromatic heterocycles. The number of piperidine rings is 1. The second kappa shape index (κ2) is 5.49. The molecule has 0 saturated carbocycles. The predicted molar refractivity (Wildman–Crippen MR) is 93.5 cm³/mol. The molecule has 0 aliphatic carbocycles. The van der Waals surface area contributed by atoms with E-state index in [1.807, 2.05) is 18.5 Å². The Kier molecular flexibility index (Phi) is 3.16. The van der Waals surface area contributed by atoms with Gasteiger partial charge in [-0.05, 0) is 37.5 Å². The molecule has 0 aromatic carbocycles. The lowest BCUT2D eigenvalue weighted by Crippen LogP contribution is -2.36. The van der Waals surface area contributed by atoms with Gasteiger partial charge in [-0.25, -0.2) is 5.43 Å². The van der Waals surface area contributed by atoms with Gasteiger partial charge in [0.1, 0.15) is 12.5 Å². The normalized spacial score (nSPS) is 22.8. The quantitative estimate of drug-likeness (QED) is 0.795. The number of pyridine rings is 1. The van der Waals surface area contributed by atoms with E-state index in [0.29, 0.717) is 6.67 Å². The van der Waals surface area contributed by atoms with Crippen molar-refractivity contribution in [1.82, 2.24) is 20.4 Å². The van der Waals surface area contributed by atoms with Gasteiger partial charge in [-0.2, -0.15) is 0 Å². The highest BCUT2D eigenvalue weighted by Gasteiger charge is 2.38. The molecule has 1 saturated heterocycles. The van der Waals surface area contributed by atoms with Crippen LogP contribution in [-0.2, 0) is 0 Å². The lowest BCUT2D eigenvalue weighted by atomic mass is 9.91. The van der Waals surface area contributed by atoms with Gasteiger partial charge in [-0.3, -0.25) is 9.98 Å². The summed E-state index contributed by atoms with van der Waals surface area (Å²) in [6, 6.07) is 8.28. The van der Waals surface area contributed by atoms with Gasteiger partial charge in [0.2, 0.25) is 0 Å². The van der Waals surface area contributed by atoms with E-state index >= 15 is 0 Å². The first-order chi connectivity index (χ1) is 11.9. The monoisotopic (exact) mass is 320 g/mol. The molecule has 6 nitrogen and oxygen atoms in total. The summed E-state index contributed by atoms with van der Waals surface area (Å²) in [7, 11) is 0. The Morgan fingerprint density at radius 1 is 1.17 bits per heavy atom. The summed E-state index contributed by atoms with van der Waals surface area (Å²) in [6.45, 7) is 1.66. The van der Waals surface area contributed by atoms with Gasteiger partial charge < -0.3 is 15.3 Å². The van der Waals surface area contributed by atoms with Crippen molar-refractivity contribution in [3.8, 4) is 0 Å². The SMILES string of the molecule is c1ccc(C2NN3CCCCC3=C2C2=NCNc3[nH]ccc32)nc1. The predicted octanol–water partition coefficient (Wildman–Crippen LogP) is 2.58. The van der Waals surface area contributed by atoms with E-state index in [1.54, 1.807) is 0 Å². The van der Waals surface area contributed by atoms with Crippen molar-refractivity contribution >= 4 is 11.5 Å². The van der Waals surface area contributed by atoms with Crippen molar-refractivity contribution in [2.45, 2.75) is 25.3 Å². The Morgan fingerprint density at radius 3 is 3.08 bits per heavy atom. The molecule has 5 rings (SSSR count). The van der Waals surface area contributed by atoms with Crippen molar-refractivity contribution in [2.75, 3.05) is 18.5 Å². The van der Waals surface area contributed by atoms with Crippen LogP contribution in [0.15, 0.2) is 52.9 Å². The number of H-pyrrole nitrogens is 1. The van der Waals surface area contributed by atoms with Gasteiger partial charge >= 0.3 is 0 Å². The smallest absolute Gasteiger partial charge is 0.114 e. The second-order valence-electron chi connectivity index (χ2n) is 6.39. The third-order valence-electron chi connectivity index (χ3n) is 4.99. The number of aromatic nitrogens is 2. The summed E-state index contributed by atoms with van der Waals surface area (Å²) < 4.78 is 0. The van der Waals surface area contributed by atoms with Crippen LogP contribution in [0.25, 0.3) is 0 Å². The zero-order valence-electron chi connectivity index (χ0n) is 13.4. The fraction of sp³-hybridized carbons (Fsp3) is 0.333. The zero-order valence-corrected chi connectivity index (χ0v) is 13.4. The second-order valence-corrected chi connectivity index (χ2v) is 6.39. The van der Waals surface area contributed by atoms with Crippen LogP contribution in [-0.4, -0.2) is 33.9 Å². The molecule has 0 radical (unpaired) electrons. The summed E-state index contributed by atoms with van der Waals surface area (Å²) in [6.07, 6.45) is 7.39. The Labute approximate surface area is 140 Å². The molecule has 3 aliphatic rings. The minimum absolute atomic E-state index is 0.0684. The highest BCUT2D eigenvalue weighted by atomic mass is 15.5. The number of nitrogens with one attached hydrogen (secondary N) is 3. The Bertz CT molecular complexity index is 819. The fourth-order valence-corrected chi connectivity index (χ4v) is 3.90. The maximum atomic E-state index is 4.83. The number of hydrogen-bond donors (Lipinski definition) is 3. The minimum atomic E-state index is 0.0684. The van der Waals surface area contributed by atoms with E-state index in [2.05, 4.69) is 43.9 Å². The number of nitrogens with zero attached hydrogens (tertiary/aromatic N) is 3. The molecule has 0 spiro atoms. The highest BCUT2D eigenvalue weighted by Crippen LogP contribution is 2.39. The van der Waals surface area contributed by atoms with Gasteiger partial charge in [0, 0.05) is 35.8 Å². The van der Waals surface area contributed by atoms with E-state index < -0.39 is 0 Å². The third-order valence-corrected chi connectivity index (χ3v) is 4.99. The standard InChI is InChI=1S/C18H20N6/c1-3-8-19-13(5-1)17-15(14-6-2-4-10-24(14)23-17)16-12-7-9-20-18(12)22-11-21-16/h1,3,5,7-9,17,20,22-23H,2,4,6,10-11H2. The number of rotatable bonds is 2. The van der Waals surface area contributed by atoms with E-state index in [9.17, 15) is 0 Å². The lowest BCUT2D eigenvalue weighted by Gasteiger charge is -2.27. The van der Waals surface area contributed by atoms with Crippen LogP contribution in [0, 0.1) is 0 Å². The first-order valence-corrected chi connectivity index (χ1v) is 8.56. The van der Waals surface area contributed by atoms with E-state index in [0.717, 1.165) is 35.8 Å². The molecule has 1 fully saturated rings. The molecule has 1 atom stereocenters. The minimum Gasteiger partial charge on any atom is -0.352 e. The molecular formula is C18H20N6. The molecule has 24 heavy (non-hydrogen) atoms. The lowest BCUT2D eigenvalue weighted by molar-refractivity contribution is 0.219. The Hall–Kier alpha value is -2.60. The van der Waals surface area contributed by atoms with E-state index in [4.69, 9.17) is 4.99 Å². The van der Waals surface area contributed by atoms with Gasteiger partial charge in [0.05, 0.1) is 17.4 Å². The topological polar surface area (TPSA) is 68.3 Å². The van der Waals surface area contributed by atoms with Crippen LogP contribution in [0.2, 0.25) is 0 Å². The molecular weight excluding hydrogens is 300 g/mol. The van der Waals surface area contributed by atoms with E-state index in [-0.39, 0.29) is 6.04 Å². The highest BCUT2D eigenvalue weighted by molar-refractivity contribution is 6.17. The average Bonchev–Trinajstić information content (AvgIpc) is 3.27. The summed E-state index contributed by atoms with van der Waals surface area (Å²) >= 11 is 0. The molecule has 6 heteroatoms. The van der Waals surface area contributed by atoms with Crippen molar-refractivity contribution in [3.63, 3.8) is 0 Å². The van der Waals surface area contributed by atoms with E-state index in [1.165, 1.54) is 24.1 Å². The molecule has 3 aliphatic heterocycles. The number of anilines is 1. The average molecular weight is 320 g/mol. The maximum absolute atomic E-state index is 4.83. The summed E-state index contributed by atoms with van der Waals surface area (Å²) in [5.41, 5.74) is 9.62. The number of aromatic amines is 1. The molecule has 0 bridgehead atoms. The molecule has 122 valence electrons. The van der Waals surface area contributed by atoms with Crippen LogP contribution < -0.4 is 10.7 Å². The summed E-state index contributed by atoms with van der Waals surface area (Å²) in [5.74, 6) is 1.06. The maximum Gasteiger partial charge on any atom is 0.114 e. The van der Waals surface area contributed by atoms with Crippen LogP contribution in [0.4, 0.5) is 5.82 Å². The number of hydrazine groups is 1. The number of aliphatic imine (C=N–C) groups is 1. The van der Waals surface area contributed by atoms with Crippen molar-refractivity contribution in [3.05, 3.63) is 59.2 Å². The Balaban J connectivity index is 1.66. The van der Waals surface area contributed by atoms with Crippen LogP contribution in [0.5, 0.6) is 0 Å². The molecule has 5 heterocycles. The van der Waals surface area contributed by atoms with Crippen LogP contribution in [0.1, 0.15) is 36.6 Å². The number of allylic oxidation sites excluding steroid dienone is 1. The number of fused-ring (bicyclic) bond motifs is 2. The first-order valence-electron chi connectivity index (χ1n) is 8.56. The largest absolute Gasteiger partial charge is 0.352 e. The zero-order chi connectivity index (χ0) is 15.9. The van der Waals surface area contributed by atoms with Gasteiger partial charge in [0.15, 0.2) is 0 Å². The van der Waals surface area contributed by atoms with Gasteiger partial charge in [-0.1, -0.05) is 6.07 Å². The molecule has 3 N–H and O–H groups in total. The fourth-order valence-electron chi connectivity index (χ4n) is 3.90. The first kappa shape index (κ1) is 13.8. The molecule has 2 aromatic rings. The molecule has 0 amide bonds. The van der Waals surface area contributed by atoms with Crippen molar-refractivity contribution in [1.29, 1.82) is 0 Å². The Morgan fingerprint density at radius 2 is 2.17 bits per heavy atom. The number of hydrogen-bond acceptors (Lipinski definition) is 5.